The molecule has 0 radical (unpaired) electrons. The number of hydrogen-bond donors (Lipinski definition) is 1. The molecule has 1 amide bonds. The first-order chi connectivity index (χ1) is 13.1. The quantitative estimate of drug-likeness (QED) is 0.837. The van der Waals surface area contributed by atoms with Crippen molar-refractivity contribution in [2.45, 2.75) is 70.1 Å². The maximum Gasteiger partial charge on any atom is 0.349 e. The van der Waals surface area contributed by atoms with Crippen molar-refractivity contribution in [3.05, 3.63) is 45.1 Å². The van der Waals surface area contributed by atoms with Crippen LogP contribution >= 0.6 is 0 Å². The van der Waals surface area contributed by atoms with Crippen LogP contribution in [0.1, 0.15) is 90.2 Å². The summed E-state index contributed by atoms with van der Waals surface area (Å²) in [6.45, 7) is 2.12. The molecule has 144 valence electrons. The van der Waals surface area contributed by atoms with Crippen molar-refractivity contribution in [3.8, 4) is 0 Å². The molecule has 2 aromatic rings. The first-order valence-corrected chi connectivity index (χ1v) is 9.87. The molecule has 0 spiro atoms. The van der Waals surface area contributed by atoms with Gasteiger partial charge in [-0.1, -0.05) is 24.4 Å². The molecule has 2 aromatic heterocycles. The number of amides is 1. The standard InChI is InChI=1S/C20H25N3O4/c1-12-11-15(13-7-4-8-13)26-20(25)17(12)18(24)21-10-9-16-22-19(27-23-16)14-5-2-3-6-14/h11,13-14H,2-10H2,1H3,(H,21,24). The molecule has 2 heterocycles. The summed E-state index contributed by atoms with van der Waals surface area (Å²) in [6, 6.07) is 1.83. The SMILES string of the molecule is Cc1cc(C2CCC2)oc(=O)c1C(=O)NCCc1noc(C2CCCC2)n1. The number of hydrogen-bond acceptors (Lipinski definition) is 6. The van der Waals surface area contributed by atoms with Crippen LogP contribution in [0.2, 0.25) is 0 Å². The Hall–Kier alpha value is -2.44. The highest BCUT2D eigenvalue weighted by Crippen LogP contribution is 2.36. The van der Waals surface area contributed by atoms with E-state index >= 15 is 0 Å². The summed E-state index contributed by atoms with van der Waals surface area (Å²) in [5.41, 5.74) is 0.184. The number of nitrogens with one attached hydrogen (secondary N) is 1. The minimum atomic E-state index is -0.558. The van der Waals surface area contributed by atoms with Gasteiger partial charge in [-0.15, -0.1) is 0 Å². The number of rotatable bonds is 6. The van der Waals surface area contributed by atoms with Gasteiger partial charge in [0.15, 0.2) is 5.82 Å². The van der Waals surface area contributed by atoms with Crippen molar-refractivity contribution in [1.29, 1.82) is 0 Å². The average Bonchev–Trinajstić information content (AvgIpc) is 3.24. The largest absolute Gasteiger partial charge is 0.427 e. The highest BCUT2D eigenvalue weighted by molar-refractivity contribution is 5.95. The Balaban J connectivity index is 1.35. The molecule has 7 heteroatoms. The Morgan fingerprint density at radius 2 is 1.93 bits per heavy atom. The second-order valence-electron chi connectivity index (χ2n) is 7.66. The van der Waals surface area contributed by atoms with E-state index in [1.807, 2.05) is 6.07 Å². The second-order valence-corrected chi connectivity index (χ2v) is 7.66. The zero-order valence-electron chi connectivity index (χ0n) is 15.6. The van der Waals surface area contributed by atoms with Crippen molar-refractivity contribution < 1.29 is 13.7 Å². The molecular formula is C20H25N3O4. The smallest absolute Gasteiger partial charge is 0.349 e. The van der Waals surface area contributed by atoms with Crippen LogP contribution in [-0.2, 0) is 6.42 Å². The Bertz CT molecular complexity index is 876. The number of carbonyl (C=O) groups is 1. The van der Waals surface area contributed by atoms with Gasteiger partial charge in [0.2, 0.25) is 5.89 Å². The highest BCUT2D eigenvalue weighted by atomic mass is 16.5. The lowest BCUT2D eigenvalue weighted by Crippen LogP contribution is -2.31. The molecule has 1 N–H and O–H groups in total. The molecule has 0 saturated heterocycles. The molecule has 27 heavy (non-hydrogen) atoms. The first-order valence-electron chi connectivity index (χ1n) is 9.87. The van der Waals surface area contributed by atoms with Crippen LogP contribution in [0.25, 0.3) is 0 Å². The van der Waals surface area contributed by atoms with Crippen LogP contribution in [0, 0.1) is 6.92 Å². The predicted octanol–water partition coefficient (Wildman–Crippen LogP) is 3.23. The molecule has 7 nitrogen and oxygen atoms in total. The third kappa shape index (κ3) is 3.82. The van der Waals surface area contributed by atoms with Gasteiger partial charge in [-0.2, -0.15) is 4.98 Å². The van der Waals surface area contributed by atoms with Crippen molar-refractivity contribution in [1.82, 2.24) is 15.5 Å². The molecule has 2 fully saturated rings. The number of carbonyl (C=O) groups excluding carboxylic acids is 1. The molecule has 2 saturated carbocycles. The number of nitrogens with zero attached hydrogens (tertiary/aromatic N) is 2. The second kappa shape index (κ2) is 7.66. The Morgan fingerprint density at radius 3 is 2.59 bits per heavy atom. The van der Waals surface area contributed by atoms with E-state index in [1.165, 1.54) is 12.8 Å². The summed E-state index contributed by atoms with van der Waals surface area (Å²) in [5.74, 6) is 2.27. The van der Waals surface area contributed by atoms with Gasteiger partial charge in [-0.05, 0) is 44.2 Å². The van der Waals surface area contributed by atoms with Gasteiger partial charge in [0.25, 0.3) is 5.91 Å². The van der Waals surface area contributed by atoms with Gasteiger partial charge in [0, 0.05) is 24.8 Å². The zero-order valence-corrected chi connectivity index (χ0v) is 15.6. The van der Waals surface area contributed by atoms with Crippen molar-refractivity contribution in [2.75, 3.05) is 6.54 Å². The van der Waals surface area contributed by atoms with Gasteiger partial charge in [-0.25, -0.2) is 4.79 Å². The minimum Gasteiger partial charge on any atom is -0.427 e. The third-order valence-electron chi connectivity index (χ3n) is 5.72. The van der Waals surface area contributed by atoms with Crippen LogP contribution in [0.5, 0.6) is 0 Å². The van der Waals surface area contributed by atoms with Crippen LogP contribution in [0.4, 0.5) is 0 Å². The third-order valence-corrected chi connectivity index (χ3v) is 5.72. The fourth-order valence-corrected chi connectivity index (χ4v) is 3.88. The summed E-state index contributed by atoms with van der Waals surface area (Å²) in [6.07, 6.45) is 8.33. The summed E-state index contributed by atoms with van der Waals surface area (Å²) in [4.78, 5) is 29.1. The summed E-state index contributed by atoms with van der Waals surface area (Å²) >= 11 is 0. The molecular weight excluding hydrogens is 346 g/mol. The van der Waals surface area contributed by atoms with E-state index < -0.39 is 11.5 Å². The van der Waals surface area contributed by atoms with Gasteiger partial charge >= 0.3 is 5.63 Å². The lowest BCUT2D eigenvalue weighted by Gasteiger charge is -2.24. The fourth-order valence-electron chi connectivity index (χ4n) is 3.88. The lowest BCUT2D eigenvalue weighted by molar-refractivity contribution is 0.0948. The topological polar surface area (TPSA) is 98.2 Å². The van der Waals surface area contributed by atoms with Crippen LogP contribution < -0.4 is 10.9 Å². The van der Waals surface area contributed by atoms with Crippen molar-refractivity contribution in [2.24, 2.45) is 0 Å². The fraction of sp³-hybridized carbons (Fsp3) is 0.600. The number of aromatic nitrogens is 2. The molecule has 2 aliphatic rings. The molecule has 2 aliphatic carbocycles. The number of aryl methyl sites for hydroxylation is 1. The zero-order chi connectivity index (χ0) is 18.8. The van der Waals surface area contributed by atoms with Crippen molar-refractivity contribution >= 4 is 5.91 Å². The van der Waals surface area contributed by atoms with E-state index in [0.717, 1.165) is 32.1 Å². The van der Waals surface area contributed by atoms with Gasteiger partial charge in [-0.3, -0.25) is 4.79 Å². The average molecular weight is 371 g/mol. The normalized spacial score (nSPS) is 17.8. The maximum atomic E-state index is 12.4. The summed E-state index contributed by atoms with van der Waals surface area (Å²) < 4.78 is 10.7. The molecule has 0 bridgehead atoms. The van der Waals surface area contributed by atoms with E-state index in [9.17, 15) is 9.59 Å². The summed E-state index contributed by atoms with van der Waals surface area (Å²) in [5, 5.41) is 6.76. The summed E-state index contributed by atoms with van der Waals surface area (Å²) in [7, 11) is 0. The predicted molar refractivity (Wildman–Crippen MR) is 97.9 cm³/mol. The Morgan fingerprint density at radius 1 is 1.19 bits per heavy atom. The Labute approximate surface area is 157 Å². The molecule has 4 rings (SSSR count). The van der Waals surface area contributed by atoms with E-state index in [0.29, 0.717) is 47.8 Å². The van der Waals surface area contributed by atoms with Gasteiger partial charge in [0.1, 0.15) is 11.3 Å². The van der Waals surface area contributed by atoms with Crippen LogP contribution in [0.15, 0.2) is 19.8 Å². The molecule has 0 aliphatic heterocycles. The molecule has 0 unspecified atom stereocenters. The van der Waals surface area contributed by atoms with Gasteiger partial charge < -0.3 is 14.3 Å². The maximum absolute atomic E-state index is 12.4. The van der Waals surface area contributed by atoms with Gasteiger partial charge in [0.05, 0.1) is 0 Å². The first kappa shape index (κ1) is 17.9. The molecule has 0 aromatic carbocycles. The van der Waals surface area contributed by atoms with Crippen LogP contribution in [0.3, 0.4) is 0 Å². The highest BCUT2D eigenvalue weighted by Gasteiger charge is 2.25. The van der Waals surface area contributed by atoms with E-state index in [4.69, 9.17) is 8.94 Å². The van der Waals surface area contributed by atoms with E-state index in [2.05, 4.69) is 15.5 Å². The monoisotopic (exact) mass is 371 g/mol. The van der Waals surface area contributed by atoms with E-state index in [1.54, 1.807) is 6.92 Å². The van der Waals surface area contributed by atoms with Crippen molar-refractivity contribution in [3.63, 3.8) is 0 Å². The molecule has 0 atom stereocenters. The Kier molecular flexibility index (Phi) is 5.09. The van der Waals surface area contributed by atoms with E-state index in [-0.39, 0.29) is 5.56 Å². The lowest BCUT2D eigenvalue weighted by atomic mass is 9.83. The minimum absolute atomic E-state index is 0.0813. The van der Waals surface area contributed by atoms with Crippen LogP contribution in [-0.4, -0.2) is 22.6 Å².